The average Bonchev–Trinajstić information content (AvgIpc) is 3.09. The van der Waals surface area contributed by atoms with Gasteiger partial charge in [-0.2, -0.15) is 0 Å². The Morgan fingerprint density at radius 1 is 1.00 bits per heavy atom. The zero-order chi connectivity index (χ0) is 17.9. The molecule has 0 fully saturated rings. The Morgan fingerprint density at radius 3 is 2.50 bits per heavy atom. The summed E-state index contributed by atoms with van der Waals surface area (Å²) in [6.07, 6.45) is 2.14. The minimum Gasteiger partial charge on any atom is -0.359 e. The molecule has 0 saturated heterocycles. The Kier molecular flexibility index (Phi) is 4.19. The van der Waals surface area contributed by atoms with Gasteiger partial charge in [-0.05, 0) is 29.8 Å². The van der Waals surface area contributed by atoms with E-state index in [4.69, 9.17) is 4.98 Å². The first-order valence-corrected chi connectivity index (χ1v) is 8.45. The third-order valence-electron chi connectivity index (χ3n) is 4.29. The van der Waals surface area contributed by atoms with Crippen LogP contribution in [0.3, 0.4) is 0 Å². The summed E-state index contributed by atoms with van der Waals surface area (Å²) in [6.45, 7) is 0. The number of hydrogen-bond donors (Lipinski definition) is 1. The summed E-state index contributed by atoms with van der Waals surface area (Å²) in [6, 6.07) is 21.9. The summed E-state index contributed by atoms with van der Waals surface area (Å²) in [5, 5.41) is 2.65. The van der Waals surface area contributed by atoms with Gasteiger partial charge in [0.2, 0.25) is 5.91 Å². The predicted molar refractivity (Wildman–Crippen MR) is 102 cm³/mol. The molecular weight excluding hydrogens is 324 g/mol. The van der Waals surface area contributed by atoms with Crippen molar-refractivity contribution in [2.45, 2.75) is 6.42 Å². The highest BCUT2D eigenvalue weighted by atomic mass is 16.1. The molecule has 0 aliphatic rings. The number of rotatable bonds is 4. The number of aromatic nitrogens is 3. The zero-order valence-electron chi connectivity index (χ0n) is 14.4. The van der Waals surface area contributed by atoms with Crippen LogP contribution in [0.2, 0.25) is 0 Å². The molecule has 5 nitrogen and oxygen atoms in total. The molecule has 5 heteroatoms. The van der Waals surface area contributed by atoms with Gasteiger partial charge in [-0.25, -0.2) is 9.97 Å². The first-order chi connectivity index (χ1) is 12.8. The number of hydrogen-bond acceptors (Lipinski definition) is 3. The van der Waals surface area contributed by atoms with Gasteiger partial charge in [0.25, 0.3) is 0 Å². The van der Waals surface area contributed by atoms with Gasteiger partial charge in [-0.1, -0.05) is 42.5 Å². The predicted octanol–water partition coefficient (Wildman–Crippen LogP) is 3.38. The molecule has 0 atom stereocenters. The lowest BCUT2D eigenvalue weighted by atomic mass is 10.1. The number of fused-ring (bicyclic) bond motifs is 1. The summed E-state index contributed by atoms with van der Waals surface area (Å²) in [7, 11) is 1.64. The van der Waals surface area contributed by atoms with Gasteiger partial charge in [-0.3, -0.25) is 9.36 Å². The van der Waals surface area contributed by atoms with E-state index in [-0.39, 0.29) is 5.91 Å². The van der Waals surface area contributed by atoms with Crippen LogP contribution in [-0.2, 0) is 11.2 Å². The molecule has 128 valence electrons. The Morgan fingerprint density at radius 2 is 1.77 bits per heavy atom. The maximum absolute atomic E-state index is 11.6. The molecule has 4 aromatic rings. The topological polar surface area (TPSA) is 59.8 Å². The van der Waals surface area contributed by atoms with Crippen LogP contribution >= 0.6 is 0 Å². The highest BCUT2D eigenvalue weighted by Gasteiger charge is 2.15. The molecule has 0 saturated carbocycles. The van der Waals surface area contributed by atoms with Crippen molar-refractivity contribution < 1.29 is 4.79 Å². The van der Waals surface area contributed by atoms with Crippen LogP contribution in [0.15, 0.2) is 72.9 Å². The third-order valence-corrected chi connectivity index (χ3v) is 4.29. The summed E-state index contributed by atoms with van der Waals surface area (Å²) < 4.78 is 2.05. The first kappa shape index (κ1) is 16.0. The van der Waals surface area contributed by atoms with E-state index < -0.39 is 0 Å². The van der Waals surface area contributed by atoms with E-state index in [0.717, 1.165) is 33.8 Å². The van der Waals surface area contributed by atoms with E-state index in [1.165, 1.54) is 0 Å². The van der Waals surface area contributed by atoms with Crippen LogP contribution < -0.4 is 5.32 Å². The van der Waals surface area contributed by atoms with Gasteiger partial charge in [0.05, 0.1) is 6.42 Å². The first-order valence-electron chi connectivity index (χ1n) is 8.45. The summed E-state index contributed by atoms with van der Waals surface area (Å²) in [5.41, 5.74) is 4.61. The van der Waals surface area contributed by atoms with Crippen molar-refractivity contribution in [3.63, 3.8) is 0 Å². The lowest BCUT2D eigenvalue weighted by molar-refractivity contribution is -0.119. The molecule has 0 aliphatic carbocycles. The number of benzene rings is 2. The van der Waals surface area contributed by atoms with Gasteiger partial charge < -0.3 is 5.32 Å². The largest absolute Gasteiger partial charge is 0.359 e. The van der Waals surface area contributed by atoms with Gasteiger partial charge in [0.1, 0.15) is 11.3 Å². The molecule has 1 amide bonds. The van der Waals surface area contributed by atoms with Crippen LogP contribution in [0.4, 0.5) is 0 Å². The van der Waals surface area contributed by atoms with Crippen molar-refractivity contribution >= 4 is 17.1 Å². The standard InChI is InChI=1S/C21H18N4O/c1-22-19(26)14-15-9-11-17(12-10-15)25-20(16-6-3-2-4-7-16)24-18-8-5-13-23-21(18)25/h2-13H,14H2,1H3,(H,22,26). The molecule has 2 heterocycles. The van der Waals surface area contributed by atoms with E-state index in [2.05, 4.69) is 10.3 Å². The fourth-order valence-electron chi connectivity index (χ4n) is 2.97. The minimum absolute atomic E-state index is 0.00234. The summed E-state index contributed by atoms with van der Waals surface area (Å²) >= 11 is 0. The quantitative estimate of drug-likeness (QED) is 0.618. The van der Waals surface area contributed by atoms with E-state index in [1.54, 1.807) is 13.2 Å². The van der Waals surface area contributed by atoms with Crippen molar-refractivity contribution in [1.29, 1.82) is 0 Å². The molecule has 2 aromatic heterocycles. The van der Waals surface area contributed by atoms with Gasteiger partial charge in [0.15, 0.2) is 5.65 Å². The highest BCUT2D eigenvalue weighted by molar-refractivity contribution is 5.80. The summed E-state index contributed by atoms with van der Waals surface area (Å²) in [5.74, 6) is 0.843. The minimum atomic E-state index is -0.00234. The average molecular weight is 342 g/mol. The number of pyridine rings is 1. The lowest BCUT2D eigenvalue weighted by Crippen LogP contribution is -2.19. The van der Waals surface area contributed by atoms with Gasteiger partial charge in [0, 0.05) is 24.5 Å². The van der Waals surface area contributed by atoms with Crippen LogP contribution in [0, 0.1) is 0 Å². The normalized spacial score (nSPS) is 10.8. The fourth-order valence-corrected chi connectivity index (χ4v) is 2.97. The van der Waals surface area contributed by atoms with Crippen molar-refractivity contribution in [3.8, 4) is 17.1 Å². The zero-order valence-corrected chi connectivity index (χ0v) is 14.4. The lowest BCUT2D eigenvalue weighted by Gasteiger charge is -2.10. The number of amides is 1. The number of nitrogens with one attached hydrogen (secondary N) is 1. The van der Waals surface area contributed by atoms with Gasteiger partial charge >= 0.3 is 0 Å². The monoisotopic (exact) mass is 342 g/mol. The molecule has 0 bridgehead atoms. The number of carbonyl (C=O) groups is 1. The molecule has 0 radical (unpaired) electrons. The smallest absolute Gasteiger partial charge is 0.224 e. The van der Waals surface area contributed by atoms with Crippen molar-refractivity contribution in [2.75, 3.05) is 7.05 Å². The van der Waals surface area contributed by atoms with Crippen LogP contribution in [0.1, 0.15) is 5.56 Å². The maximum atomic E-state index is 11.6. The number of imidazole rings is 1. The van der Waals surface area contributed by atoms with Crippen molar-refractivity contribution in [2.24, 2.45) is 0 Å². The number of nitrogens with zero attached hydrogens (tertiary/aromatic N) is 3. The third kappa shape index (κ3) is 2.95. The van der Waals surface area contributed by atoms with Gasteiger partial charge in [-0.15, -0.1) is 0 Å². The van der Waals surface area contributed by atoms with E-state index in [1.807, 2.05) is 71.3 Å². The number of carbonyl (C=O) groups excluding carboxylic acids is 1. The molecular formula is C21H18N4O. The van der Waals surface area contributed by atoms with E-state index in [0.29, 0.717) is 6.42 Å². The Hall–Kier alpha value is -3.47. The molecule has 26 heavy (non-hydrogen) atoms. The Bertz CT molecular complexity index is 1050. The molecule has 1 N–H and O–H groups in total. The van der Waals surface area contributed by atoms with Crippen LogP contribution in [0.25, 0.3) is 28.2 Å². The second-order valence-electron chi connectivity index (χ2n) is 6.00. The highest BCUT2D eigenvalue weighted by Crippen LogP contribution is 2.27. The van der Waals surface area contributed by atoms with Crippen LogP contribution in [0.5, 0.6) is 0 Å². The SMILES string of the molecule is CNC(=O)Cc1ccc(-n2c(-c3ccccc3)nc3cccnc32)cc1. The van der Waals surface area contributed by atoms with Crippen molar-refractivity contribution in [3.05, 3.63) is 78.5 Å². The Labute approximate surface area is 151 Å². The maximum Gasteiger partial charge on any atom is 0.224 e. The molecule has 0 aliphatic heterocycles. The summed E-state index contributed by atoms with van der Waals surface area (Å²) in [4.78, 5) is 20.9. The molecule has 4 rings (SSSR count). The number of likely N-dealkylation sites (N-methyl/N-ethyl adjacent to an activating group) is 1. The van der Waals surface area contributed by atoms with Crippen LogP contribution in [-0.4, -0.2) is 27.5 Å². The Balaban J connectivity index is 1.84. The molecule has 0 unspecified atom stereocenters. The second kappa shape index (κ2) is 6.80. The van der Waals surface area contributed by atoms with E-state index >= 15 is 0 Å². The van der Waals surface area contributed by atoms with Crippen molar-refractivity contribution in [1.82, 2.24) is 19.9 Å². The van der Waals surface area contributed by atoms with E-state index in [9.17, 15) is 4.79 Å². The molecule has 2 aromatic carbocycles. The molecule has 0 spiro atoms. The second-order valence-corrected chi connectivity index (χ2v) is 6.00. The fraction of sp³-hybridized carbons (Fsp3) is 0.0952.